The van der Waals surface area contributed by atoms with Crippen molar-refractivity contribution in [1.29, 1.82) is 0 Å². The number of carbonyl (C=O) groups excluding carboxylic acids is 2. The van der Waals surface area contributed by atoms with E-state index in [-0.39, 0.29) is 24.8 Å². The van der Waals surface area contributed by atoms with Crippen LogP contribution in [0.2, 0.25) is 0 Å². The fourth-order valence-corrected chi connectivity index (χ4v) is 2.69. The number of nitrogens with one attached hydrogen (secondary N) is 2. The van der Waals surface area contributed by atoms with Gasteiger partial charge >= 0.3 is 0 Å². The molecule has 0 aromatic heterocycles. The molecule has 0 spiro atoms. The Morgan fingerprint density at radius 1 is 1.12 bits per heavy atom. The number of benzene rings is 2. The van der Waals surface area contributed by atoms with Gasteiger partial charge in [0.05, 0.1) is 12.7 Å². The molecule has 2 amide bonds. The molecule has 0 heterocycles. The van der Waals surface area contributed by atoms with E-state index >= 15 is 0 Å². The average molecular weight is 405 g/mol. The molecule has 0 atom stereocenters. The molecule has 2 rings (SSSR count). The highest BCUT2D eigenvalue weighted by atomic mass is 79.9. The van der Waals surface area contributed by atoms with Gasteiger partial charge in [0, 0.05) is 23.1 Å². The lowest BCUT2D eigenvalue weighted by atomic mass is 10.1. The Hall–Kier alpha value is -2.34. The van der Waals surface area contributed by atoms with E-state index in [4.69, 9.17) is 4.74 Å². The van der Waals surface area contributed by atoms with Gasteiger partial charge < -0.3 is 15.4 Å². The van der Waals surface area contributed by atoms with Gasteiger partial charge in [0.15, 0.2) is 0 Å². The van der Waals surface area contributed by atoms with E-state index in [2.05, 4.69) is 26.6 Å². The number of rotatable bonds is 6. The van der Waals surface area contributed by atoms with Crippen molar-refractivity contribution in [2.75, 3.05) is 19.0 Å². The van der Waals surface area contributed by atoms with Crippen molar-refractivity contribution in [3.63, 3.8) is 0 Å². The predicted octanol–water partition coefficient (Wildman–Crippen LogP) is 3.83. The van der Waals surface area contributed by atoms with Crippen molar-refractivity contribution in [3.8, 4) is 5.75 Å². The Morgan fingerprint density at radius 3 is 2.60 bits per heavy atom. The van der Waals surface area contributed by atoms with Gasteiger partial charge in [0.25, 0.3) is 5.91 Å². The minimum absolute atomic E-state index is 0.155. The fraction of sp³-hybridized carbons (Fsp3) is 0.263. The van der Waals surface area contributed by atoms with Gasteiger partial charge in [0.1, 0.15) is 5.75 Å². The Morgan fingerprint density at radius 2 is 1.88 bits per heavy atom. The summed E-state index contributed by atoms with van der Waals surface area (Å²) in [6.07, 6.45) is 0.186. The van der Waals surface area contributed by atoms with Gasteiger partial charge in [-0.3, -0.25) is 9.59 Å². The van der Waals surface area contributed by atoms with Crippen LogP contribution in [0.3, 0.4) is 0 Å². The van der Waals surface area contributed by atoms with Crippen LogP contribution < -0.4 is 15.4 Å². The normalized spacial score (nSPS) is 10.2. The van der Waals surface area contributed by atoms with Crippen LogP contribution in [-0.2, 0) is 4.79 Å². The van der Waals surface area contributed by atoms with E-state index in [1.165, 1.54) is 7.11 Å². The van der Waals surface area contributed by atoms with Crippen LogP contribution in [0.1, 0.15) is 27.9 Å². The van der Waals surface area contributed by atoms with Gasteiger partial charge in [0.2, 0.25) is 5.91 Å². The molecule has 0 saturated heterocycles. The summed E-state index contributed by atoms with van der Waals surface area (Å²) >= 11 is 3.38. The van der Waals surface area contributed by atoms with Crippen LogP contribution in [0.4, 0.5) is 5.69 Å². The van der Waals surface area contributed by atoms with E-state index < -0.39 is 0 Å². The second kappa shape index (κ2) is 8.67. The maximum atomic E-state index is 12.3. The maximum Gasteiger partial charge on any atom is 0.255 e. The number of hydrogen-bond donors (Lipinski definition) is 2. The van der Waals surface area contributed by atoms with Crippen molar-refractivity contribution < 1.29 is 14.3 Å². The van der Waals surface area contributed by atoms with Crippen LogP contribution in [0.5, 0.6) is 5.75 Å². The Balaban J connectivity index is 1.90. The number of hydrogen-bond acceptors (Lipinski definition) is 3. The number of carbonyl (C=O) groups is 2. The van der Waals surface area contributed by atoms with Crippen LogP contribution in [0.15, 0.2) is 40.9 Å². The highest BCUT2D eigenvalue weighted by Crippen LogP contribution is 2.21. The van der Waals surface area contributed by atoms with E-state index in [0.29, 0.717) is 11.3 Å². The zero-order valence-electron chi connectivity index (χ0n) is 14.5. The van der Waals surface area contributed by atoms with E-state index in [0.717, 1.165) is 21.3 Å². The quantitative estimate of drug-likeness (QED) is 0.768. The summed E-state index contributed by atoms with van der Waals surface area (Å²) in [5.74, 6) is 0.0991. The first kappa shape index (κ1) is 19.0. The first-order valence-electron chi connectivity index (χ1n) is 7.89. The topological polar surface area (TPSA) is 67.4 Å². The molecule has 0 fully saturated rings. The largest absolute Gasteiger partial charge is 0.496 e. The van der Waals surface area contributed by atoms with Crippen molar-refractivity contribution in [2.24, 2.45) is 0 Å². The smallest absolute Gasteiger partial charge is 0.255 e. The first-order chi connectivity index (χ1) is 11.9. The number of anilines is 1. The van der Waals surface area contributed by atoms with Crippen molar-refractivity contribution >= 4 is 33.4 Å². The molecule has 0 aliphatic rings. The molecule has 5 nitrogen and oxygen atoms in total. The minimum Gasteiger partial charge on any atom is -0.496 e. The number of ether oxygens (including phenoxy) is 1. The lowest BCUT2D eigenvalue weighted by Crippen LogP contribution is -2.28. The molecule has 6 heteroatoms. The van der Waals surface area contributed by atoms with Crippen molar-refractivity contribution in [2.45, 2.75) is 20.3 Å². The maximum absolute atomic E-state index is 12.3. The number of halogens is 1. The monoisotopic (exact) mass is 404 g/mol. The zero-order chi connectivity index (χ0) is 18.4. The fourth-order valence-electron chi connectivity index (χ4n) is 2.33. The molecular formula is C19H21BrN2O3. The molecular weight excluding hydrogens is 384 g/mol. The predicted molar refractivity (Wildman–Crippen MR) is 102 cm³/mol. The van der Waals surface area contributed by atoms with Gasteiger partial charge in [-0.15, -0.1) is 0 Å². The van der Waals surface area contributed by atoms with Gasteiger partial charge in [-0.2, -0.15) is 0 Å². The molecule has 0 unspecified atom stereocenters. The van der Waals surface area contributed by atoms with Crippen LogP contribution >= 0.6 is 15.9 Å². The molecule has 0 radical (unpaired) electrons. The first-order valence-corrected chi connectivity index (χ1v) is 8.69. The van der Waals surface area contributed by atoms with Crippen LogP contribution in [-0.4, -0.2) is 25.5 Å². The molecule has 0 bridgehead atoms. The van der Waals surface area contributed by atoms with Crippen LogP contribution in [0, 0.1) is 13.8 Å². The minimum atomic E-state index is -0.257. The standard InChI is InChI=1S/C19H21BrN2O3/c1-12-4-7-17(25-3)15(10-12)19(24)21-9-8-18(23)22-16-11-14(20)6-5-13(16)2/h4-7,10-11H,8-9H2,1-3H3,(H,21,24)(H,22,23). The lowest BCUT2D eigenvalue weighted by molar-refractivity contribution is -0.116. The highest BCUT2D eigenvalue weighted by molar-refractivity contribution is 9.10. The van der Waals surface area contributed by atoms with Gasteiger partial charge in [-0.05, 0) is 43.7 Å². The molecule has 2 N–H and O–H groups in total. The summed E-state index contributed by atoms with van der Waals surface area (Å²) in [6.45, 7) is 4.08. The SMILES string of the molecule is COc1ccc(C)cc1C(=O)NCCC(=O)Nc1cc(Br)ccc1C. The molecule has 0 saturated carbocycles. The molecule has 25 heavy (non-hydrogen) atoms. The molecule has 0 aliphatic heterocycles. The molecule has 132 valence electrons. The Labute approximate surface area is 155 Å². The number of methoxy groups -OCH3 is 1. The zero-order valence-corrected chi connectivity index (χ0v) is 16.1. The average Bonchev–Trinajstić information content (AvgIpc) is 2.58. The van der Waals surface area contributed by atoms with E-state index in [1.54, 1.807) is 12.1 Å². The summed E-state index contributed by atoms with van der Waals surface area (Å²) in [6, 6.07) is 11.1. The highest BCUT2D eigenvalue weighted by Gasteiger charge is 2.13. The van der Waals surface area contributed by atoms with Crippen molar-refractivity contribution in [1.82, 2.24) is 5.32 Å². The van der Waals surface area contributed by atoms with E-state index in [9.17, 15) is 9.59 Å². The van der Waals surface area contributed by atoms with Gasteiger partial charge in [-0.25, -0.2) is 0 Å². The molecule has 0 aliphatic carbocycles. The Kier molecular flexibility index (Phi) is 6.58. The Bertz CT molecular complexity index is 790. The van der Waals surface area contributed by atoms with Gasteiger partial charge in [-0.1, -0.05) is 33.6 Å². The molecule has 2 aromatic rings. The summed E-state index contributed by atoms with van der Waals surface area (Å²) in [5, 5.41) is 5.61. The second-order valence-corrected chi connectivity index (χ2v) is 6.63. The summed E-state index contributed by atoms with van der Waals surface area (Å²) in [7, 11) is 1.52. The third kappa shape index (κ3) is 5.32. The van der Waals surface area contributed by atoms with E-state index in [1.807, 2.05) is 38.1 Å². The lowest BCUT2D eigenvalue weighted by Gasteiger charge is -2.11. The summed E-state index contributed by atoms with van der Waals surface area (Å²) in [4.78, 5) is 24.4. The second-order valence-electron chi connectivity index (χ2n) is 5.72. The third-order valence-corrected chi connectivity index (χ3v) is 4.20. The summed E-state index contributed by atoms with van der Waals surface area (Å²) in [5.41, 5.74) is 3.16. The van der Waals surface area contributed by atoms with Crippen molar-refractivity contribution in [3.05, 3.63) is 57.6 Å². The van der Waals surface area contributed by atoms with Crippen LogP contribution in [0.25, 0.3) is 0 Å². The number of aryl methyl sites for hydroxylation is 2. The number of amides is 2. The third-order valence-electron chi connectivity index (χ3n) is 3.71. The molecule has 2 aromatic carbocycles. The summed E-state index contributed by atoms with van der Waals surface area (Å²) < 4.78 is 6.10.